The van der Waals surface area contributed by atoms with Crippen LogP contribution in [0.1, 0.15) is 27.2 Å². The Morgan fingerprint density at radius 3 is 2.72 bits per heavy atom. The van der Waals surface area contributed by atoms with E-state index in [4.69, 9.17) is 4.42 Å². The molecule has 0 atom stereocenters. The van der Waals surface area contributed by atoms with Crippen molar-refractivity contribution < 1.29 is 9.21 Å². The van der Waals surface area contributed by atoms with E-state index in [9.17, 15) is 4.79 Å². The van der Waals surface area contributed by atoms with E-state index < -0.39 is 0 Å². The second-order valence-corrected chi connectivity index (χ2v) is 6.46. The van der Waals surface area contributed by atoms with Gasteiger partial charge in [-0.3, -0.25) is 4.79 Å². The van der Waals surface area contributed by atoms with Crippen LogP contribution in [0.5, 0.6) is 0 Å². The van der Waals surface area contributed by atoms with Crippen LogP contribution in [0.2, 0.25) is 0 Å². The standard InChI is InChI=1S/C19H19N3O2S/c1-12-6-4-7-14(10-12)11-20-18(23)16-13(2)21-17(22-19(16)25-3)15-8-5-9-24-15/h4-10H,11H2,1-3H3,(H,20,23). The Morgan fingerprint density at radius 2 is 2.04 bits per heavy atom. The number of thioether (sulfide) groups is 1. The van der Waals surface area contributed by atoms with E-state index in [2.05, 4.69) is 21.4 Å². The molecule has 0 radical (unpaired) electrons. The molecule has 2 aromatic heterocycles. The smallest absolute Gasteiger partial charge is 0.256 e. The van der Waals surface area contributed by atoms with Gasteiger partial charge < -0.3 is 9.73 Å². The van der Waals surface area contributed by atoms with E-state index in [1.165, 1.54) is 17.3 Å². The number of carbonyl (C=O) groups excluding carboxylic acids is 1. The summed E-state index contributed by atoms with van der Waals surface area (Å²) in [5, 5.41) is 3.60. The first-order valence-corrected chi connectivity index (χ1v) is 9.11. The molecule has 0 saturated heterocycles. The summed E-state index contributed by atoms with van der Waals surface area (Å²) in [5.74, 6) is 0.904. The van der Waals surface area contributed by atoms with Gasteiger partial charge in [0.05, 0.1) is 17.5 Å². The third-order valence-electron chi connectivity index (χ3n) is 3.75. The van der Waals surface area contributed by atoms with Crippen LogP contribution in [0.4, 0.5) is 0 Å². The molecule has 0 fully saturated rings. The first kappa shape index (κ1) is 17.2. The lowest BCUT2D eigenvalue weighted by molar-refractivity contribution is 0.0946. The lowest BCUT2D eigenvalue weighted by Crippen LogP contribution is -2.25. The largest absolute Gasteiger partial charge is 0.461 e. The zero-order chi connectivity index (χ0) is 17.8. The second kappa shape index (κ2) is 7.53. The summed E-state index contributed by atoms with van der Waals surface area (Å²) < 4.78 is 5.36. The van der Waals surface area contributed by atoms with Crippen molar-refractivity contribution in [2.45, 2.75) is 25.4 Å². The molecular weight excluding hydrogens is 334 g/mol. The molecule has 0 aliphatic rings. The molecule has 2 heterocycles. The molecule has 128 valence electrons. The highest BCUT2D eigenvalue weighted by Gasteiger charge is 2.19. The summed E-state index contributed by atoms with van der Waals surface area (Å²) in [4.78, 5) is 21.6. The van der Waals surface area contributed by atoms with Crippen molar-refractivity contribution in [2.24, 2.45) is 0 Å². The SMILES string of the molecule is CSc1nc(-c2ccco2)nc(C)c1C(=O)NCc1cccc(C)c1. The Labute approximate surface area is 150 Å². The molecule has 0 saturated carbocycles. The molecule has 5 nitrogen and oxygen atoms in total. The van der Waals surface area contributed by atoms with Crippen LogP contribution in [0.15, 0.2) is 52.1 Å². The van der Waals surface area contributed by atoms with E-state index in [1.54, 1.807) is 18.4 Å². The average Bonchev–Trinajstić information content (AvgIpc) is 3.13. The number of carbonyl (C=O) groups is 1. The van der Waals surface area contributed by atoms with Crippen molar-refractivity contribution in [1.82, 2.24) is 15.3 Å². The van der Waals surface area contributed by atoms with Crippen molar-refractivity contribution in [1.29, 1.82) is 0 Å². The molecule has 1 aromatic carbocycles. The van der Waals surface area contributed by atoms with Gasteiger partial charge in [-0.1, -0.05) is 29.8 Å². The summed E-state index contributed by atoms with van der Waals surface area (Å²) in [6.45, 7) is 4.31. The van der Waals surface area contributed by atoms with Gasteiger partial charge in [0, 0.05) is 6.54 Å². The Hall–Kier alpha value is -2.60. The third kappa shape index (κ3) is 3.91. The number of amides is 1. The van der Waals surface area contributed by atoms with Crippen LogP contribution in [0.25, 0.3) is 11.6 Å². The second-order valence-electron chi connectivity index (χ2n) is 5.67. The number of nitrogens with one attached hydrogen (secondary N) is 1. The maximum atomic E-state index is 12.7. The average molecular weight is 353 g/mol. The van der Waals surface area contributed by atoms with Crippen LogP contribution in [-0.2, 0) is 6.54 Å². The van der Waals surface area contributed by atoms with Crippen LogP contribution in [0, 0.1) is 13.8 Å². The Morgan fingerprint density at radius 1 is 1.20 bits per heavy atom. The Balaban J connectivity index is 1.84. The van der Waals surface area contributed by atoms with E-state index in [-0.39, 0.29) is 5.91 Å². The fourth-order valence-corrected chi connectivity index (χ4v) is 3.19. The monoisotopic (exact) mass is 353 g/mol. The summed E-state index contributed by atoms with van der Waals surface area (Å²) in [6, 6.07) is 11.6. The number of nitrogens with zero attached hydrogens (tertiary/aromatic N) is 2. The van der Waals surface area contributed by atoms with Crippen molar-refractivity contribution in [3.63, 3.8) is 0 Å². The lowest BCUT2D eigenvalue weighted by Gasteiger charge is -2.12. The highest BCUT2D eigenvalue weighted by Crippen LogP contribution is 2.25. The van der Waals surface area contributed by atoms with E-state index in [0.29, 0.717) is 34.4 Å². The van der Waals surface area contributed by atoms with E-state index in [1.807, 2.05) is 38.3 Å². The number of rotatable bonds is 5. The zero-order valence-corrected chi connectivity index (χ0v) is 15.2. The van der Waals surface area contributed by atoms with Crippen molar-refractivity contribution in [3.05, 3.63) is 65.0 Å². The lowest BCUT2D eigenvalue weighted by atomic mass is 10.1. The predicted molar refractivity (Wildman–Crippen MR) is 98.6 cm³/mol. The molecule has 0 unspecified atom stereocenters. The molecule has 25 heavy (non-hydrogen) atoms. The quantitative estimate of drug-likeness (QED) is 0.554. The van der Waals surface area contributed by atoms with Gasteiger partial charge in [-0.25, -0.2) is 9.97 Å². The minimum absolute atomic E-state index is 0.172. The molecule has 0 spiro atoms. The maximum Gasteiger partial charge on any atom is 0.256 e. The summed E-state index contributed by atoms with van der Waals surface area (Å²) in [7, 11) is 0. The van der Waals surface area contributed by atoms with Gasteiger partial charge in [-0.15, -0.1) is 11.8 Å². The molecule has 0 aliphatic heterocycles. The zero-order valence-electron chi connectivity index (χ0n) is 14.4. The Bertz CT molecular complexity index is 892. The highest BCUT2D eigenvalue weighted by molar-refractivity contribution is 7.98. The Kier molecular flexibility index (Phi) is 5.19. The van der Waals surface area contributed by atoms with Gasteiger partial charge in [-0.05, 0) is 37.8 Å². The predicted octanol–water partition coefficient (Wildman–Crippen LogP) is 4.01. The molecule has 3 rings (SSSR count). The molecule has 0 aliphatic carbocycles. The van der Waals surface area contributed by atoms with E-state index >= 15 is 0 Å². The number of aromatic nitrogens is 2. The minimum Gasteiger partial charge on any atom is -0.461 e. The van der Waals surface area contributed by atoms with Crippen molar-refractivity contribution in [3.8, 4) is 11.6 Å². The van der Waals surface area contributed by atoms with Crippen LogP contribution < -0.4 is 5.32 Å². The van der Waals surface area contributed by atoms with Gasteiger partial charge in [0.25, 0.3) is 5.91 Å². The minimum atomic E-state index is -0.172. The maximum absolute atomic E-state index is 12.7. The molecule has 6 heteroatoms. The number of aryl methyl sites for hydroxylation is 2. The molecule has 3 aromatic rings. The summed E-state index contributed by atoms with van der Waals surface area (Å²) >= 11 is 1.42. The first-order chi connectivity index (χ1) is 12.1. The fraction of sp³-hybridized carbons (Fsp3) is 0.211. The molecule has 0 bridgehead atoms. The van der Waals surface area contributed by atoms with Gasteiger partial charge in [0.1, 0.15) is 5.03 Å². The van der Waals surface area contributed by atoms with Gasteiger partial charge in [0.15, 0.2) is 11.6 Å². The summed E-state index contributed by atoms with van der Waals surface area (Å²) in [5.41, 5.74) is 3.37. The van der Waals surface area contributed by atoms with Crippen LogP contribution in [0.3, 0.4) is 0 Å². The number of hydrogen-bond acceptors (Lipinski definition) is 5. The topological polar surface area (TPSA) is 68.0 Å². The number of furan rings is 1. The van der Waals surface area contributed by atoms with E-state index in [0.717, 1.165) is 5.56 Å². The van der Waals surface area contributed by atoms with Crippen LogP contribution >= 0.6 is 11.8 Å². The van der Waals surface area contributed by atoms with Crippen LogP contribution in [-0.4, -0.2) is 22.1 Å². The normalized spacial score (nSPS) is 10.7. The fourth-order valence-electron chi connectivity index (χ4n) is 2.56. The van der Waals surface area contributed by atoms with Crippen molar-refractivity contribution in [2.75, 3.05) is 6.26 Å². The van der Waals surface area contributed by atoms with Gasteiger partial charge in [0.2, 0.25) is 0 Å². The van der Waals surface area contributed by atoms with Crippen molar-refractivity contribution >= 4 is 17.7 Å². The first-order valence-electron chi connectivity index (χ1n) is 7.88. The molecular formula is C19H19N3O2S. The molecule has 1 amide bonds. The number of hydrogen-bond donors (Lipinski definition) is 1. The highest BCUT2D eigenvalue weighted by atomic mass is 32.2. The summed E-state index contributed by atoms with van der Waals surface area (Å²) in [6.07, 6.45) is 3.47. The molecule has 1 N–H and O–H groups in total. The van der Waals surface area contributed by atoms with Gasteiger partial charge in [-0.2, -0.15) is 0 Å². The van der Waals surface area contributed by atoms with Gasteiger partial charge >= 0.3 is 0 Å². The number of benzene rings is 1. The third-order valence-corrected chi connectivity index (χ3v) is 4.44.